The first-order valence-electron chi connectivity index (χ1n) is 20.2. The fourth-order valence-electron chi connectivity index (χ4n) is 7.83. The number of pyridine rings is 1. The summed E-state index contributed by atoms with van der Waals surface area (Å²) in [6.07, 6.45) is 6.39. The van der Waals surface area contributed by atoms with Gasteiger partial charge in [-0.25, -0.2) is 27.0 Å². The van der Waals surface area contributed by atoms with Gasteiger partial charge in [-0.1, -0.05) is 32.4 Å². The average molecular weight is 832 g/mol. The van der Waals surface area contributed by atoms with Gasteiger partial charge < -0.3 is 29.7 Å². The fourth-order valence-corrected chi connectivity index (χ4v) is 9.19. The maximum absolute atomic E-state index is 14.9. The Labute approximate surface area is 338 Å². The zero-order valence-electron chi connectivity index (χ0n) is 33.9. The maximum Gasteiger partial charge on any atom is 0.408 e. The summed E-state index contributed by atoms with van der Waals surface area (Å²) in [5, 5.41) is 6.20. The summed E-state index contributed by atoms with van der Waals surface area (Å²) in [6, 6.07) is 4.68. The second-order valence-electron chi connectivity index (χ2n) is 16.8. The Balaban J connectivity index is 1.36. The van der Waals surface area contributed by atoms with E-state index in [1.54, 1.807) is 24.4 Å². The molecule has 2 saturated carbocycles. The molecule has 1 saturated heterocycles. The lowest BCUT2D eigenvalue weighted by Crippen LogP contribution is -2.59. The van der Waals surface area contributed by atoms with Gasteiger partial charge >= 0.3 is 6.09 Å². The summed E-state index contributed by atoms with van der Waals surface area (Å²) in [5.41, 5.74) is -3.80. The molecule has 1 aromatic carbocycles. The first-order chi connectivity index (χ1) is 27.3. The predicted molar refractivity (Wildman–Crippen MR) is 211 cm³/mol. The number of carbonyl (C=O) groups excluding carboxylic acids is 4. The molecule has 2 aromatic rings. The number of hydrogen-bond donors (Lipinski definition) is 3. The van der Waals surface area contributed by atoms with Gasteiger partial charge in [0.15, 0.2) is 5.60 Å². The quantitative estimate of drug-likeness (QED) is 0.248. The van der Waals surface area contributed by atoms with Gasteiger partial charge in [0, 0.05) is 30.8 Å². The third-order valence-corrected chi connectivity index (χ3v) is 13.8. The normalized spacial score (nSPS) is 28.9. The number of sulfonamides is 1. The molecule has 3 N–H and O–H groups in total. The van der Waals surface area contributed by atoms with Crippen LogP contribution in [0, 0.1) is 17.8 Å². The van der Waals surface area contributed by atoms with Crippen LogP contribution in [0.5, 0.6) is 11.6 Å². The van der Waals surface area contributed by atoms with E-state index in [4.69, 9.17) is 14.2 Å². The Bertz CT molecular complexity index is 2040. The van der Waals surface area contributed by atoms with Crippen molar-refractivity contribution in [1.29, 1.82) is 0 Å². The van der Waals surface area contributed by atoms with E-state index in [0.717, 1.165) is 19.2 Å². The largest absolute Gasteiger partial charge is 0.494 e. The van der Waals surface area contributed by atoms with Crippen LogP contribution < -0.4 is 24.8 Å². The van der Waals surface area contributed by atoms with E-state index in [0.29, 0.717) is 63.2 Å². The second kappa shape index (κ2) is 16.6. The Morgan fingerprint density at radius 2 is 1.83 bits per heavy atom. The molecular weight excluding hydrogens is 777 g/mol. The molecule has 1 aromatic heterocycles. The molecule has 3 heterocycles. The molecule has 14 nitrogen and oxygen atoms in total. The van der Waals surface area contributed by atoms with Crippen LogP contribution in [0.25, 0.3) is 10.8 Å². The van der Waals surface area contributed by atoms with Crippen LogP contribution in [-0.2, 0) is 29.1 Å². The van der Waals surface area contributed by atoms with E-state index >= 15 is 0 Å². The molecular formula is C41H55F2N5O9S. The van der Waals surface area contributed by atoms with Gasteiger partial charge in [-0.05, 0) is 101 Å². The van der Waals surface area contributed by atoms with Crippen LogP contribution in [-0.4, -0.2) is 95.8 Å². The maximum atomic E-state index is 14.9. The standard InChI is InChI=1S/C41H55F2N5O9S/c1-7-25-19-24(3)11-9-10-12-27-22-41(27,37(51)47-58(53,54)30-14-15-30)46-34(49)32-21-29(56-35-31-16-13-28(55-8-2)20-26(31)17-18-44-35)23-48(32)36(50)33(25)45-38(52)57-39(4,5)40(6,42)43/h10,12-13,16-18,20,24-25,27,29-30,32-33H,7-9,11,14-15,19,21-23H2,1-6H3,(H,45,52)(H,46,49)(H,47,51)/b12-10-/t24-,25+,27+,29+,32-,33-,41+/m0/s1. The average Bonchev–Trinajstić information content (AvgIpc) is 4.07. The molecule has 2 aliphatic heterocycles. The monoisotopic (exact) mass is 831 g/mol. The number of alkyl carbamates (subject to hydrolysis) is 1. The minimum absolute atomic E-state index is 0.0334. The molecule has 0 spiro atoms. The minimum atomic E-state index is -3.96. The molecule has 7 atom stereocenters. The molecule has 0 radical (unpaired) electrons. The van der Waals surface area contributed by atoms with Crippen LogP contribution in [0.2, 0.25) is 0 Å². The lowest BCUT2D eigenvalue weighted by atomic mass is 9.85. The lowest BCUT2D eigenvalue weighted by molar-refractivity contribution is -0.152. The summed E-state index contributed by atoms with van der Waals surface area (Å²) in [4.78, 5) is 62.4. The van der Waals surface area contributed by atoms with Crippen molar-refractivity contribution in [1.82, 2.24) is 25.2 Å². The third kappa shape index (κ3) is 9.34. The van der Waals surface area contributed by atoms with Gasteiger partial charge in [-0.3, -0.25) is 19.1 Å². The zero-order valence-corrected chi connectivity index (χ0v) is 34.7. The second-order valence-corrected chi connectivity index (χ2v) is 18.7. The van der Waals surface area contributed by atoms with Gasteiger partial charge in [0.25, 0.3) is 11.8 Å². The number of nitrogens with one attached hydrogen (secondary N) is 3. The van der Waals surface area contributed by atoms with Crippen molar-refractivity contribution in [2.75, 3.05) is 13.2 Å². The lowest BCUT2D eigenvalue weighted by Gasteiger charge is -2.35. The number of carbonyl (C=O) groups is 4. The number of amides is 4. The third-order valence-electron chi connectivity index (χ3n) is 11.9. The number of halogens is 2. The molecule has 58 heavy (non-hydrogen) atoms. The number of benzene rings is 1. The van der Waals surface area contributed by atoms with Crippen molar-refractivity contribution >= 4 is 44.6 Å². The predicted octanol–water partition coefficient (Wildman–Crippen LogP) is 5.40. The number of fused-ring (bicyclic) bond motifs is 3. The number of rotatable bonds is 11. The highest BCUT2D eigenvalue weighted by Gasteiger charge is 2.62. The van der Waals surface area contributed by atoms with Gasteiger partial charge in [0.2, 0.25) is 27.7 Å². The molecule has 0 unspecified atom stereocenters. The Morgan fingerprint density at radius 3 is 2.50 bits per heavy atom. The number of aromatic nitrogens is 1. The Kier molecular flexibility index (Phi) is 12.3. The molecule has 17 heteroatoms. The highest BCUT2D eigenvalue weighted by atomic mass is 32.2. The highest BCUT2D eigenvalue weighted by Crippen LogP contribution is 2.46. The van der Waals surface area contributed by atoms with Crippen molar-refractivity contribution < 1.29 is 50.6 Å². The minimum Gasteiger partial charge on any atom is -0.494 e. The number of hydrogen-bond acceptors (Lipinski definition) is 10. The summed E-state index contributed by atoms with van der Waals surface area (Å²) < 4.78 is 74.2. The van der Waals surface area contributed by atoms with E-state index < -0.39 is 86.2 Å². The molecule has 2 aliphatic carbocycles. The number of allylic oxidation sites excluding steroid dienone is 1. The summed E-state index contributed by atoms with van der Waals surface area (Å²) in [5.74, 6) is -5.70. The topological polar surface area (TPSA) is 182 Å². The van der Waals surface area contributed by atoms with Crippen molar-refractivity contribution in [3.63, 3.8) is 0 Å². The molecule has 6 rings (SSSR count). The van der Waals surface area contributed by atoms with E-state index in [9.17, 15) is 36.4 Å². The van der Waals surface area contributed by atoms with Crippen molar-refractivity contribution in [3.8, 4) is 11.6 Å². The molecule has 3 fully saturated rings. The number of alkyl halides is 2. The van der Waals surface area contributed by atoms with E-state index in [1.165, 1.54) is 4.90 Å². The van der Waals surface area contributed by atoms with Gasteiger partial charge in [-0.15, -0.1) is 0 Å². The van der Waals surface area contributed by atoms with Crippen LogP contribution in [0.3, 0.4) is 0 Å². The Morgan fingerprint density at radius 1 is 1.09 bits per heavy atom. The van der Waals surface area contributed by atoms with Crippen molar-refractivity contribution in [3.05, 3.63) is 42.6 Å². The summed E-state index contributed by atoms with van der Waals surface area (Å²) in [6.45, 7) is 8.87. The number of nitrogens with zero attached hydrogens (tertiary/aromatic N) is 2. The smallest absolute Gasteiger partial charge is 0.408 e. The highest BCUT2D eigenvalue weighted by molar-refractivity contribution is 7.91. The fraction of sp³-hybridized carbons (Fsp3) is 0.634. The van der Waals surface area contributed by atoms with Gasteiger partial charge in [-0.2, -0.15) is 0 Å². The summed E-state index contributed by atoms with van der Waals surface area (Å²) in [7, 11) is -3.96. The van der Waals surface area contributed by atoms with Crippen molar-refractivity contribution in [2.24, 2.45) is 17.8 Å². The summed E-state index contributed by atoms with van der Waals surface area (Å²) >= 11 is 0. The van der Waals surface area contributed by atoms with Crippen LogP contribution in [0.15, 0.2) is 42.6 Å². The Hall–Kier alpha value is -4.54. The van der Waals surface area contributed by atoms with E-state index in [-0.39, 0.29) is 31.2 Å². The zero-order chi connectivity index (χ0) is 42.2. The number of ether oxygens (including phenoxy) is 3. The van der Waals surface area contributed by atoms with Crippen molar-refractivity contribution in [2.45, 2.75) is 133 Å². The van der Waals surface area contributed by atoms with E-state index in [1.807, 2.05) is 39.0 Å². The van der Waals surface area contributed by atoms with E-state index in [2.05, 4.69) is 20.3 Å². The molecule has 4 amide bonds. The van der Waals surface area contributed by atoms with Crippen LogP contribution in [0.1, 0.15) is 92.9 Å². The van der Waals surface area contributed by atoms with Gasteiger partial charge in [0.1, 0.15) is 29.5 Å². The van der Waals surface area contributed by atoms with Gasteiger partial charge in [0.05, 0.1) is 18.4 Å². The van der Waals surface area contributed by atoms with Crippen LogP contribution in [0.4, 0.5) is 13.6 Å². The van der Waals surface area contributed by atoms with Crippen LogP contribution >= 0.6 is 0 Å². The molecule has 4 aliphatic rings. The first kappa shape index (κ1) is 43.0. The molecule has 318 valence electrons. The first-order valence-corrected chi connectivity index (χ1v) is 21.7. The SMILES string of the molecule is CCOc1ccc2c(O[C@@H]3C[C@H]4C(=O)N[C@]5(C(=O)NS(=O)(=O)C6CC6)C[C@H]5/C=C\CC[C@H](C)C[C@@H](CC)[C@H](NC(=O)OC(C)(C)C(C)(F)F)C(=O)N4C3)nccc2c1. The molecule has 0 bridgehead atoms.